The normalized spacial score (nSPS) is 14.2. The second-order valence-corrected chi connectivity index (χ2v) is 5.47. The van der Waals surface area contributed by atoms with Crippen LogP contribution in [-0.2, 0) is 6.54 Å². The van der Waals surface area contributed by atoms with Gasteiger partial charge in [-0.15, -0.1) is 10.2 Å². The maximum absolute atomic E-state index is 5.37. The van der Waals surface area contributed by atoms with Crippen molar-refractivity contribution in [1.82, 2.24) is 19.6 Å². The topological polar surface area (TPSA) is 64.3 Å². The Morgan fingerprint density at radius 1 is 1.27 bits per heavy atom. The summed E-state index contributed by atoms with van der Waals surface area (Å²) in [7, 11) is 1.68. The molecule has 0 bridgehead atoms. The predicted octanol–water partition coefficient (Wildman–Crippen LogP) is 2.62. The summed E-state index contributed by atoms with van der Waals surface area (Å²) in [6.07, 6.45) is 6.12. The van der Waals surface area contributed by atoms with Gasteiger partial charge in [-0.05, 0) is 18.9 Å². The molecule has 6 nitrogen and oxygen atoms in total. The van der Waals surface area contributed by atoms with E-state index in [1.807, 2.05) is 34.9 Å². The summed E-state index contributed by atoms with van der Waals surface area (Å²) in [6.45, 7) is 0.627. The number of nitrogens with zero attached hydrogens (tertiary/aromatic N) is 4. The first-order valence-electron chi connectivity index (χ1n) is 7.42. The molecule has 0 spiro atoms. The molecule has 1 N–H and O–H groups in total. The van der Waals surface area contributed by atoms with Crippen molar-refractivity contribution in [2.75, 3.05) is 12.4 Å². The average Bonchev–Trinajstić information content (AvgIpc) is 3.32. The molecule has 2 heterocycles. The molecule has 0 saturated heterocycles. The predicted molar refractivity (Wildman–Crippen MR) is 83.1 cm³/mol. The molecule has 0 amide bonds. The van der Waals surface area contributed by atoms with Gasteiger partial charge < -0.3 is 10.1 Å². The molecule has 3 aromatic rings. The number of methoxy groups -OCH3 is 1. The second kappa shape index (κ2) is 5.29. The monoisotopic (exact) mass is 295 g/mol. The van der Waals surface area contributed by atoms with Crippen LogP contribution in [0.4, 0.5) is 5.82 Å². The van der Waals surface area contributed by atoms with Gasteiger partial charge in [0, 0.05) is 30.4 Å². The number of aromatic nitrogens is 4. The number of rotatable bonds is 5. The van der Waals surface area contributed by atoms with Gasteiger partial charge in [-0.2, -0.15) is 0 Å². The van der Waals surface area contributed by atoms with Crippen molar-refractivity contribution >= 4 is 11.5 Å². The lowest BCUT2D eigenvalue weighted by molar-refractivity contribution is 0.410. The first kappa shape index (κ1) is 13.1. The van der Waals surface area contributed by atoms with Crippen LogP contribution >= 0.6 is 0 Å². The number of hydrogen-bond acceptors (Lipinski definition) is 5. The third-order valence-electron chi connectivity index (χ3n) is 3.93. The highest BCUT2D eigenvalue weighted by Gasteiger charge is 2.29. The summed E-state index contributed by atoms with van der Waals surface area (Å²) in [6, 6.07) is 7.94. The lowest BCUT2D eigenvalue weighted by Crippen LogP contribution is -2.05. The van der Waals surface area contributed by atoms with Gasteiger partial charge in [0.25, 0.3) is 0 Å². The highest BCUT2D eigenvalue weighted by Crippen LogP contribution is 2.39. The Morgan fingerprint density at radius 2 is 2.14 bits per heavy atom. The van der Waals surface area contributed by atoms with Gasteiger partial charge in [0.05, 0.1) is 7.11 Å². The first-order valence-corrected chi connectivity index (χ1v) is 7.42. The van der Waals surface area contributed by atoms with Crippen LogP contribution in [0.1, 0.15) is 30.1 Å². The highest BCUT2D eigenvalue weighted by molar-refractivity contribution is 5.62. The van der Waals surface area contributed by atoms with Crippen LogP contribution < -0.4 is 10.1 Å². The minimum absolute atomic E-state index is 0.555. The molecule has 0 aliphatic heterocycles. The standard InChI is InChI=1S/C16H17N5O/c1-22-13-5-3-2-4-12(13)10-18-14-16-20-19-15(11-6-7-11)21(16)9-8-17-14/h2-5,8-9,11H,6-7,10H2,1H3,(H,17,18). The van der Waals surface area contributed by atoms with Crippen molar-refractivity contribution in [2.24, 2.45) is 0 Å². The molecule has 1 aromatic carbocycles. The summed E-state index contributed by atoms with van der Waals surface area (Å²) in [5.74, 6) is 3.20. The fraction of sp³-hybridized carbons (Fsp3) is 0.312. The van der Waals surface area contributed by atoms with Crippen LogP contribution in [0.15, 0.2) is 36.7 Å². The lowest BCUT2D eigenvalue weighted by atomic mass is 10.2. The van der Waals surface area contributed by atoms with Crippen LogP contribution in [0.2, 0.25) is 0 Å². The van der Waals surface area contributed by atoms with Crippen molar-refractivity contribution in [3.63, 3.8) is 0 Å². The number of nitrogens with one attached hydrogen (secondary N) is 1. The Labute approximate surface area is 128 Å². The molecule has 22 heavy (non-hydrogen) atoms. The molecular weight excluding hydrogens is 278 g/mol. The van der Waals surface area contributed by atoms with Crippen molar-refractivity contribution in [3.8, 4) is 5.75 Å². The molecule has 0 radical (unpaired) electrons. The zero-order valence-corrected chi connectivity index (χ0v) is 12.4. The van der Waals surface area contributed by atoms with Crippen molar-refractivity contribution in [1.29, 1.82) is 0 Å². The molecule has 112 valence electrons. The fourth-order valence-corrected chi connectivity index (χ4v) is 2.62. The minimum atomic E-state index is 0.555. The van der Waals surface area contributed by atoms with Crippen LogP contribution in [0.3, 0.4) is 0 Å². The molecule has 1 fully saturated rings. The highest BCUT2D eigenvalue weighted by atomic mass is 16.5. The van der Waals surface area contributed by atoms with Gasteiger partial charge in [0.2, 0.25) is 5.65 Å². The maximum atomic E-state index is 5.37. The fourth-order valence-electron chi connectivity index (χ4n) is 2.62. The quantitative estimate of drug-likeness (QED) is 0.784. The largest absolute Gasteiger partial charge is 0.496 e. The van der Waals surface area contributed by atoms with Gasteiger partial charge in [-0.3, -0.25) is 4.40 Å². The van der Waals surface area contributed by atoms with E-state index in [4.69, 9.17) is 4.74 Å². The van der Waals surface area contributed by atoms with E-state index in [-0.39, 0.29) is 0 Å². The Kier molecular flexibility index (Phi) is 3.14. The van der Waals surface area contributed by atoms with Crippen molar-refractivity contribution < 1.29 is 4.74 Å². The summed E-state index contributed by atoms with van der Waals surface area (Å²) in [5.41, 5.74) is 1.86. The maximum Gasteiger partial charge on any atom is 0.203 e. The average molecular weight is 295 g/mol. The van der Waals surface area contributed by atoms with E-state index in [1.54, 1.807) is 13.3 Å². The summed E-state index contributed by atoms with van der Waals surface area (Å²) in [5, 5.41) is 11.9. The third kappa shape index (κ3) is 2.26. The van der Waals surface area contributed by atoms with E-state index in [0.29, 0.717) is 12.5 Å². The Bertz CT molecular complexity index is 809. The van der Waals surface area contributed by atoms with Gasteiger partial charge >= 0.3 is 0 Å². The van der Waals surface area contributed by atoms with Gasteiger partial charge in [0.1, 0.15) is 11.6 Å². The Balaban J connectivity index is 1.61. The molecule has 1 saturated carbocycles. The number of hydrogen-bond donors (Lipinski definition) is 1. The zero-order valence-electron chi connectivity index (χ0n) is 12.4. The molecule has 0 unspecified atom stereocenters. The molecule has 0 atom stereocenters. The second-order valence-electron chi connectivity index (χ2n) is 5.47. The van der Waals surface area contributed by atoms with E-state index >= 15 is 0 Å². The van der Waals surface area contributed by atoms with Crippen LogP contribution in [0.25, 0.3) is 5.65 Å². The Hall–Kier alpha value is -2.63. The minimum Gasteiger partial charge on any atom is -0.496 e. The molecule has 1 aliphatic carbocycles. The number of anilines is 1. The summed E-state index contributed by atoms with van der Waals surface area (Å²) >= 11 is 0. The van der Waals surface area contributed by atoms with E-state index in [9.17, 15) is 0 Å². The summed E-state index contributed by atoms with van der Waals surface area (Å²) in [4.78, 5) is 4.40. The molecule has 2 aromatic heterocycles. The molecule has 6 heteroatoms. The van der Waals surface area contributed by atoms with Gasteiger partial charge in [-0.1, -0.05) is 18.2 Å². The molecular formula is C16H17N5O. The van der Waals surface area contributed by atoms with Crippen molar-refractivity contribution in [2.45, 2.75) is 25.3 Å². The third-order valence-corrected chi connectivity index (χ3v) is 3.93. The summed E-state index contributed by atoms with van der Waals surface area (Å²) < 4.78 is 7.41. The van der Waals surface area contributed by atoms with Crippen LogP contribution in [0, 0.1) is 0 Å². The van der Waals surface area contributed by atoms with E-state index < -0.39 is 0 Å². The number of fused-ring (bicyclic) bond motifs is 1. The Morgan fingerprint density at radius 3 is 2.95 bits per heavy atom. The lowest BCUT2D eigenvalue weighted by Gasteiger charge is -2.10. The smallest absolute Gasteiger partial charge is 0.203 e. The zero-order chi connectivity index (χ0) is 14.9. The molecule has 4 rings (SSSR count). The van der Waals surface area contributed by atoms with E-state index in [0.717, 1.165) is 28.6 Å². The van der Waals surface area contributed by atoms with Gasteiger partial charge in [-0.25, -0.2) is 4.98 Å². The van der Waals surface area contributed by atoms with E-state index in [2.05, 4.69) is 20.5 Å². The van der Waals surface area contributed by atoms with E-state index in [1.165, 1.54) is 12.8 Å². The SMILES string of the molecule is COc1ccccc1CNc1nccn2c(C3CC3)nnc12. The first-order chi connectivity index (χ1) is 10.9. The van der Waals surface area contributed by atoms with Gasteiger partial charge in [0.15, 0.2) is 5.82 Å². The number of benzene rings is 1. The van der Waals surface area contributed by atoms with Crippen LogP contribution in [0.5, 0.6) is 5.75 Å². The number of ether oxygens (including phenoxy) is 1. The van der Waals surface area contributed by atoms with Crippen molar-refractivity contribution in [3.05, 3.63) is 48.0 Å². The van der Waals surface area contributed by atoms with Crippen LogP contribution in [-0.4, -0.2) is 26.7 Å². The number of para-hydroxylation sites is 1. The molecule has 1 aliphatic rings.